The van der Waals surface area contributed by atoms with Crippen molar-refractivity contribution in [3.8, 4) is 11.8 Å². The van der Waals surface area contributed by atoms with Gasteiger partial charge >= 0.3 is 0 Å². The van der Waals surface area contributed by atoms with Crippen molar-refractivity contribution in [2.24, 2.45) is 5.41 Å². The monoisotopic (exact) mass is 244 g/mol. The van der Waals surface area contributed by atoms with E-state index in [2.05, 4.69) is 44.7 Å². The second-order valence-corrected chi connectivity index (χ2v) is 5.87. The van der Waals surface area contributed by atoms with Gasteiger partial charge in [-0.15, -0.1) is 0 Å². The smallest absolute Gasteiger partial charge is 0.125 e. The quantitative estimate of drug-likeness (QED) is 0.799. The molecule has 1 atom stereocenters. The summed E-state index contributed by atoms with van der Waals surface area (Å²) in [5.41, 5.74) is 0.334. The molecule has 1 N–H and O–H groups in total. The van der Waals surface area contributed by atoms with Gasteiger partial charge in [-0.05, 0) is 45.6 Å². The van der Waals surface area contributed by atoms with E-state index in [1.165, 1.54) is 5.56 Å². The molecule has 0 spiro atoms. The number of rotatable bonds is 4. The van der Waals surface area contributed by atoms with E-state index < -0.39 is 5.60 Å². The van der Waals surface area contributed by atoms with Gasteiger partial charge < -0.3 is 5.11 Å². The Kier molecular flexibility index (Phi) is 4.99. The van der Waals surface area contributed by atoms with Crippen LogP contribution < -0.4 is 0 Å². The highest BCUT2D eigenvalue weighted by molar-refractivity contribution is 5.20. The van der Waals surface area contributed by atoms with E-state index in [0.29, 0.717) is 12.8 Å². The molecule has 1 heteroatoms. The number of hydrogen-bond donors (Lipinski definition) is 1. The van der Waals surface area contributed by atoms with Gasteiger partial charge in [-0.25, -0.2) is 0 Å². The van der Waals surface area contributed by atoms with Gasteiger partial charge in [-0.1, -0.05) is 49.1 Å². The van der Waals surface area contributed by atoms with Gasteiger partial charge in [0.05, 0.1) is 0 Å². The van der Waals surface area contributed by atoms with Gasteiger partial charge in [-0.2, -0.15) is 0 Å². The van der Waals surface area contributed by atoms with Crippen LogP contribution in [0.2, 0.25) is 0 Å². The molecule has 0 aliphatic carbocycles. The highest BCUT2D eigenvalue weighted by atomic mass is 16.3. The summed E-state index contributed by atoms with van der Waals surface area (Å²) in [6.07, 6.45) is 2.23. The highest BCUT2D eigenvalue weighted by Gasteiger charge is 2.22. The number of benzene rings is 1. The van der Waals surface area contributed by atoms with Gasteiger partial charge in [0.1, 0.15) is 5.60 Å². The van der Waals surface area contributed by atoms with E-state index in [0.717, 1.165) is 6.42 Å². The maximum absolute atomic E-state index is 10.5. The molecule has 0 fully saturated rings. The summed E-state index contributed by atoms with van der Waals surface area (Å²) in [5, 5.41) is 10.5. The number of aryl methyl sites for hydroxylation is 1. The Morgan fingerprint density at radius 1 is 1.06 bits per heavy atom. The predicted octanol–water partition coefficient (Wildman–Crippen LogP) is 3.81. The largest absolute Gasteiger partial charge is 0.378 e. The molecule has 18 heavy (non-hydrogen) atoms. The molecule has 0 saturated carbocycles. The van der Waals surface area contributed by atoms with Gasteiger partial charge in [0.15, 0.2) is 0 Å². The summed E-state index contributed by atoms with van der Waals surface area (Å²) >= 11 is 0. The fourth-order valence-corrected chi connectivity index (χ4v) is 1.63. The molecule has 0 amide bonds. The molecule has 0 bridgehead atoms. The van der Waals surface area contributed by atoms with Crippen LogP contribution in [0.15, 0.2) is 30.3 Å². The Balaban J connectivity index is 2.68. The van der Waals surface area contributed by atoms with Crippen LogP contribution in [0.4, 0.5) is 0 Å². The Labute approximate surface area is 111 Å². The molecule has 0 saturated heterocycles. The minimum absolute atomic E-state index is 0.0596. The maximum atomic E-state index is 10.5. The molecule has 1 nitrogen and oxygen atoms in total. The van der Waals surface area contributed by atoms with Crippen LogP contribution in [0, 0.1) is 17.3 Å². The van der Waals surface area contributed by atoms with Gasteiger partial charge in [0.25, 0.3) is 0 Å². The lowest BCUT2D eigenvalue weighted by Gasteiger charge is -2.21. The Hall–Kier alpha value is -1.26. The zero-order valence-electron chi connectivity index (χ0n) is 12.0. The molecule has 0 radical (unpaired) electrons. The van der Waals surface area contributed by atoms with E-state index in [1.807, 2.05) is 25.1 Å². The van der Waals surface area contributed by atoms with Crippen molar-refractivity contribution in [3.63, 3.8) is 0 Å². The minimum atomic E-state index is -0.858. The van der Waals surface area contributed by atoms with Crippen LogP contribution in [-0.4, -0.2) is 10.7 Å². The molecule has 0 aromatic heterocycles. The fraction of sp³-hybridized carbons (Fsp3) is 0.529. The molecule has 0 heterocycles. The van der Waals surface area contributed by atoms with Crippen LogP contribution in [0.25, 0.3) is 0 Å². The molecule has 0 unspecified atom stereocenters. The SMILES string of the molecule is CC[C@@](O)(C#CC(C)(C)C)CCc1ccccc1. The first-order chi connectivity index (χ1) is 8.35. The maximum Gasteiger partial charge on any atom is 0.125 e. The van der Waals surface area contributed by atoms with Crippen LogP contribution in [0.1, 0.15) is 46.1 Å². The lowest BCUT2D eigenvalue weighted by Crippen LogP contribution is -2.26. The molecular formula is C17H24O. The zero-order valence-corrected chi connectivity index (χ0v) is 12.0. The van der Waals surface area contributed by atoms with Crippen LogP contribution in [-0.2, 0) is 6.42 Å². The van der Waals surface area contributed by atoms with Crippen LogP contribution >= 0.6 is 0 Å². The van der Waals surface area contributed by atoms with Gasteiger partial charge in [-0.3, -0.25) is 0 Å². The van der Waals surface area contributed by atoms with E-state index in [9.17, 15) is 5.11 Å². The van der Waals surface area contributed by atoms with Crippen LogP contribution in [0.3, 0.4) is 0 Å². The Bertz CT molecular complexity index is 416. The first kappa shape index (κ1) is 14.8. The normalized spacial score (nSPS) is 14.5. The number of aliphatic hydroxyl groups is 1. The summed E-state index contributed by atoms with van der Waals surface area (Å²) in [6, 6.07) is 10.2. The number of hydrogen-bond acceptors (Lipinski definition) is 1. The predicted molar refractivity (Wildman–Crippen MR) is 77.2 cm³/mol. The first-order valence-electron chi connectivity index (χ1n) is 6.65. The molecule has 1 rings (SSSR count). The summed E-state index contributed by atoms with van der Waals surface area (Å²) in [6.45, 7) is 8.18. The summed E-state index contributed by atoms with van der Waals surface area (Å²) in [4.78, 5) is 0. The van der Waals surface area contributed by atoms with Gasteiger partial charge in [0.2, 0.25) is 0 Å². The second-order valence-electron chi connectivity index (χ2n) is 5.87. The Morgan fingerprint density at radius 3 is 2.17 bits per heavy atom. The third-order valence-corrected chi connectivity index (χ3v) is 2.93. The minimum Gasteiger partial charge on any atom is -0.378 e. The molecule has 98 valence electrons. The molecule has 1 aromatic rings. The van der Waals surface area contributed by atoms with Crippen molar-refractivity contribution in [1.29, 1.82) is 0 Å². The molecule has 0 aliphatic heterocycles. The summed E-state index contributed by atoms with van der Waals surface area (Å²) < 4.78 is 0. The van der Waals surface area contributed by atoms with Crippen molar-refractivity contribution < 1.29 is 5.11 Å². The van der Waals surface area contributed by atoms with Crippen molar-refractivity contribution in [2.75, 3.05) is 0 Å². The average Bonchev–Trinajstić information content (AvgIpc) is 2.34. The van der Waals surface area contributed by atoms with Crippen molar-refractivity contribution in [3.05, 3.63) is 35.9 Å². The van der Waals surface area contributed by atoms with E-state index >= 15 is 0 Å². The lowest BCUT2D eigenvalue weighted by molar-refractivity contribution is 0.0876. The third-order valence-electron chi connectivity index (χ3n) is 2.93. The topological polar surface area (TPSA) is 20.2 Å². The van der Waals surface area contributed by atoms with Crippen molar-refractivity contribution in [1.82, 2.24) is 0 Å². The van der Waals surface area contributed by atoms with E-state index in [4.69, 9.17) is 0 Å². The van der Waals surface area contributed by atoms with E-state index in [1.54, 1.807) is 0 Å². The Morgan fingerprint density at radius 2 is 1.67 bits per heavy atom. The summed E-state index contributed by atoms with van der Waals surface area (Å²) in [5.74, 6) is 6.21. The molecule has 1 aromatic carbocycles. The average molecular weight is 244 g/mol. The molecular weight excluding hydrogens is 220 g/mol. The van der Waals surface area contributed by atoms with Crippen molar-refractivity contribution in [2.45, 2.75) is 52.6 Å². The summed E-state index contributed by atoms with van der Waals surface area (Å²) in [7, 11) is 0. The van der Waals surface area contributed by atoms with Crippen molar-refractivity contribution >= 4 is 0 Å². The standard InChI is InChI=1S/C17H24O/c1-5-17(18,14-13-16(2,3)4)12-11-15-9-7-6-8-10-15/h6-10,18H,5,11-12H2,1-4H3/t17-/m0/s1. The van der Waals surface area contributed by atoms with Crippen LogP contribution in [0.5, 0.6) is 0 Å². The zero-order chi connectivity index (χ0) is 13.6. The highest BCUT2D eigenvalue weighted by Crippen LogP contribution is 2.19. The molecule has 0 aliphatic rings. The van der Waals surface area contributed by atoms with Gasteiger partial charge in [0, 0.05) is 5.41 Å². The first-order valence-corrected chi connectivity index (χ1v) is 6.65. The lowest BCUT2D eigenvalue weighted by atomic mass is 9.90. The van der Waals surface area contributed by atoms with E-state index in [-0.39, 0.29) is 5.41 Å². The fourth-order valence-electron chi connectivity index (χ4n) is 1.63. The second kappa shape index (κ2) is 6.07. The third kappa shape index (κ3) is 5.38.